The molecule has 2 rings (SSSR count). The van der Waals surface area contributed by atoms with Crippen LogP contribution in [0.2, 0.25) is 10.0 Å². The van der Waals surface area contributed by atoms with Crippen LogP contribution in [0.1, 0.15) is 17.5 Å². The van der Waals surface area contributed by atoms with Gasteiger partial charge in [0.25, 0.3) is 5.69 Å². The molecular formula is C20H15Cl3F3NO7. The highest BCUT2D eigenvalue weighted by molar-refractivity contribution is 6.37. The summed E-state index contributed by atoms with van der Waals surface area (Å²) < 4.78 is 53.4. The molecule has 0 heterocycles. The Balaban J connectivity index is 2.24. The zero-order valence-corrected chi connectivity index (χ0v) is 19.4. The number of nitro groups is 1. The number of esters is 2. The van der Waals surface area contributed by atoms with Gasteiger partial charge in [-0.15, -0.1) is 11.6 Å². The van der Waals surface area contributed by atoms with Gasteiger partial charge in [0.1, 0.15) is 17.7 Å². The number of alkyl halides is 4. The second-order valence-electron chi connectivity index (χ2n) is 6.58. The number of nitrogens with zero attached hydrogens (tertiary/aromatic N) is 1. The molecule has 0 spiro atoms. The number of ether oxygens (including phenoxy) is 3. The first-order valence-corrected chi connectivity index (χ1v) is 10.4. The standard InChI is InChI=1S/C20H15Cl3F3NO7/c1-32-17(28)4-5-33-19(29)15(23)7-10-6-12(2-3-16(10)27(30)31)34-18-13(21)8-11(9-14(18)22)20(24,25)26/h2-3,6,8-9,15H,4-5,7H2,1H3. The van der Waals surface area contributed by atoms with Crippen LogP contribution in [-0.4, -0.2) is 36.0 Å². The molecule has 34 heavy (non-hydrogen) atoms. The van der Waals surface area contributed by atoms with E-state index in [2.05, 4.69) is 4.74 Å². The lowest BCUT2D eigenvalue weighted by molar-refractivity contribution is -0.385. The fourth-order valence-electron chi connectivity index (χ4n) is 2.61. The zero-order valence-electron chi connectivity index (χ0n) is 17.2. The van der Waals surface area contributed by atoms with Crippen molar-refractivity contribution in [3.05, 3.63) is 61.6 Å². The Bertz CT molecular complexity index is 1070. The quantitative estimate of drug-likeness (QED) is 0.166. The predicted octanol–water partition coefficient (Wildman–Crippen LogP) is 5.97. The fourth-order valence-corrected chi connectivity index (χ4v) is 3.40. The molecule has 1 atom stereocenters. The van der Waals surface area contributed by atoms with Gasteiger partial charge in [-0.1, -0.05) is 23.2 Å². The highest BCUT2D eigenvalue weighted by atomic mass is 35.5. The van der Waals surface area contributed by atoms with E-state index in [1.54, 1.807) is 0 Å². The molecule has 0 amide bonds. The number of carbonyl (C=O) groups excluding carboxylic acids is 2. The van der Waals surface area contributed by atoms with E-state index in [0.29, 0.717) is 12.1 Å². The highest BCUT2D eigenvalue weighted by Gasteiger charge is 2.32. The van der Waals surface area contributed by atoms with Crippen LogP contribution in [0.25, 0.3) is 0 Å². The van der Waals surface area contributed by atoms with Crippen LogP contribution in [0.3, 0.4) is 0 Å². The smallest absolute Gasteiger partial charge is 0.416 e. The van der Waals surface area contributed by atoms with Crippen LogP contribution >= 0.6 is 34.8 Å². The summed E-state index contributed by atoms with van der Waals surface area (Å²) >= 11 is 17.8. The number of methoxy groups -OCH3 is 1. The first-order valence-electron chi connectivity index (χ1n) is 9.22. The van der Waals surface area contributed by atoms with Crippen molar-refractivity contribution in [2.24, 2.45) is 0 Å². The molecule has 0 fully saturated rings. The van der Waals surface area contributed by atoms with E-state index in [0.717, 1.165) is 13.2 Å². The Morgan fingerprint density at radius 1 is 1.15 bits per heavy atom. The van der Waals surface area contributed by atoms with E-state index in [4.69, 9.17) is 44.3 Å². The maximum atomic E-state index is 12.9. The summed E-state index contributed by atoms with van der Waals surface area (Å²) in [6.45, 7) is -0.301. The Kier molecular flexibility index (Phi) is 9.37. The average molecular weight is 545 g/mol. The van der Waals surface area contributed by atoms with Crippen LogP contribution in [0.15, 0.2) is 30.3 Å². The van der Waals surface area contributed by atoms with Crippen molar-refractivity contribution in [2.45, 2.75) is 24.4 Å². The van der Waals surface area contributed by atoms with Gasteiger partial charge in [0.15, 0.2) is 5.75 Å². The monoisotopic (exact) mass is 543 g/mol. The molecule has 0 saturated carbocycles. The molecular weight excluding hydrogens is 530 g/mol. The minimum absolute atomic E-state index is 0.0356. The number of hydrogen-bond acceptors (Lipinski definition) is 7. The molecule has 0 saturated heterocycles. The third-order valence-electron chi connectivity index (χ3n) is 4.23. The van der Waals surface area contributed by atoms with Gasteiger partial charge >= 0.3 is 18.1 Å². The number of carbonyl (C=O) groups is 2. The molecule has 0 aliphatic rings. The summed E-state index contributed by atoms with van der Waals surface area (Å²) in [6.07, 6.45) is -5.25. The van der Waals surface area contributed by atoms with E-state index in [1.165, 1.54) is 12.1 Å². The van der Waals surface area contributed by atoms with Gasteiger partial charge in [-0.3, -0.25) is 19.7 Å². The van der Waals surface area contributed by atoms with Gasteiger partial charge in [0.05, 0.1) is 34.1 Å². The minimum Gasteiger partial charge on any atom is -0.469 e. The average Bonchev–Trinajstić information content (AvgIpc) is 2.75. The molecule has 2 aromatic rings. The van der Waals surface area contributed by atoms with Crippen molar-refractivity contribution >= 4 is 52.4 Å². The van der Waals surface area contributed by atoms with Gasteiger partial charge in [0, 0.05) is 18.1 Å². The third kappa shape index (κ3) is 7.37. The molecule has 184 valence electrons. The van der Waals surface area contributed by atoms with E-state index in [1.807, 2.05) is 0 Å². The lowest BCUT2D eigenvalue weighted by Gasteiger charge is -2.14. The molecule has 14 heteroatoms. The Labute approximate surface area is 205 Å². The minimum atomic E-state index is -4.69. The van der Waals surface area contributed by atoms with Crippen molar-refractivity contribution < 1.29 is 41.9 Å². The van der Waals surface area contributed by atoms with Crippen LogP contribution in [0.4, 0.5) is 18.9 Å². The largest absolute Gasteiger partial charge is 0.469 e. The summed E-state index contributed by atoms with van der Waals surface area (Å²) in [5, 5.41) is 9.13. The van der Waals surface area contributed by atoms with Crippen molar-refractivity contribution in [3.63, 3.8) is 0 Å². The molecule has 8 nitrogen and oxygen atoms in total. The summed E-state index contributed by atoms with van der Waals surface area (Å²) in [6, 6.07) is 4.63. The lowest BCUT2D eigenvalue weighted by Crippen LogP contribution is -2.22. The van der Waals surface area contributed by atoms with Crippen LogP contribution in [-0.2, 0) is 31.7 Å². The zero-order chi connectivity index (χ0) is 25.6. The van der Waals surface area contributed by atoms with Gasteiger partial charge in [-0.2, -0.15) is 13.2 Å². The van der Waals surface area contributed by atoms with Gasteiger partial charge < -0.3 is 14.2 Å². The van der Waals surface area contributed by atoms with E-state index in [-0.39, 0.29) is 36.5 Å². The SMILES string of the molecule is COC(=O)CCOC(=O)C(Cl)Cc1cc(Oc2c(Cl)cc(C(F)(F)F)cc2Cl)ccc1[N+](=O)[O-]. The summed E-state index contributed by atoms with van der Waals surface area (Å²) in [7, 11) is 1.16. The van der Waals surface area contributed by atoms with Crippen LogP contribution in [0.5, 0.6) is 11.5 Å². The van der Waals surface area contributed by atoms with E-state index >= 15 is 0 Å². The maximum absolute atomic E-state index is 12.9. The van der Waals surface area contributed by atoms with Crippen LogP contribution < -0.4 is 4.74 Å². The van der Waals surface area contributed by atoms with Crippen molar-refractivity contribution in [3.8, 4) is 11.5 Å². The number of nitro benzene ring substituents is 1. The maximum Gasteiger partial charge on any atom is 0.416 e. The lowest BCUT2D eigenvalue weighted by atomic mass is 10.1. The second kappa shape index (κ2) is 11.6. The summed E-state index contributed by atoms with van der Waals surface area (Å²) in [5.74, 6) is -1.91. The normalized spacial score (nSPS) is 12.1. The summed E-state index contributed by atoms with van der Waals surface area (Å²) in [5.41, 5.74) is -1.52. The Morgan fingerprint density at radius 2 is 1.76 bits per heavy atom. The van der Waals surface area contributed by atoms with Gasteiger partial charge in [0.2, 0.25) is 0 Å². The second-order valence-corrected chi connectivity index (χ2v) is 7.92. The number of halogens is 6. The van der Waals surface area contributed by atoms with Crippen LogP contribution in [0, 0.1) is 10.1 Å². The molecule has 0 aromatic heterocycles. The number of hydrogen-bond donors (Lipinski definition) is 0. The van der Waals surface area contributed by atoms with Gasteiger partial charge in [-0.05, 0) is 24.3 Å². The molecule has 0 radical (unpaired) electrons. The highest BCUT2D eigenvalue weighted by Crippen LogP contribution is 2.42. The van der Waals surface area contributed by atoms with Gasteiger partial charge in [-0.25, -0.2) is 0 Å². The number of rotatable bonds is 9. The predicted molar refractivity (Wildman–Crippen MR) is 116 cm³/mol. The molecule has 2 aromatic carbocycles. The Morgan fingerprint density at radius 3 is 2.29 bits per heavy atom. The molecule has 1 unspecified atom stereocenters. The third-order valence-corrected chi connectivity index (χ3v) is 5.12. The van der Waals surface area contributed by atoms with Crippen molar-refractivity contribution in [2.75, 3.05) is 13.7 Å². The first kappa shape index (κ1) is 27.5. The van der Waals surface area contributed by atoms with Crippen molar-refractivity contribution in [1.29, 1.82) is 0 Å². The fraction of sp³-hybridized carbons (Fsp3) is 0.300. The van der Waals surface area contributed by atoms with E-state index in [9.17, 15) is 32.9 Å². The summed E-state index contributed by atoms with van der Waals surface area (Å²) in [4.78, 5) is 33.8. The Hall–Kier alpha value is -2.76. The molecule has 0 aliphatic carbocycles. The molecule has 0 bridgehead atoms. The topological polar surface area (TPSA) is 105 Å². The molecule has 0 N–H and O–H groups in total. The number of benzene rings is 2. The first-order chi connectivity index (χ1) is 15.8. The molecule has 0 aliphatic heterocycles. The van der Waals surface area contributed by atoms with Crippen molar-refractivity contribution in [1.82, 2.24) is 0 Å². The van der Waals surface area contributed by atoms with E-state index < -0.39 is 49.7 Å².